The summed E-state index contributed by atoms with van der Waals surface area (Å²) in [6, 6.07) is 11.2. The molecule has 1 nitrogen and oxygen atoms in total. The van der Waals surface area contributed by atoms with E-state index < -0.39 is 0 Å². The van der Waals surface area contributed by atoms with Crippen LogP contribution in [0.4, 0.5) is 0 Å². The second-order valence-corrected chi connectivity index (χ2v) is 3.83. The fourth-order valence-corrected chi connectivity index (χ4v) is 1.83. The standard InChI is InChI=1S/C13H17N/c1-3-7-12(8-4-1)11-14-13-9-5-2-6-10-13/h1,3-5,7-9,13-14H,2,6,10-11H2/t13-/m0/s1. The minimum atomic E-state index is 0.587. The SMILES string of the molecule is C1=C[C@H](NCc2ccccc2)CCC1. The normalized spacial score (nSPS) is 21.0. The van der Waals surface area contributed by atoms with Crippen molar-refractivity contribution in [2.45, 2.75) is 31.8 Å². The van der Waals surface area contributed by atoms with Crippen LogP contribution in [-0.2, 0) is 6.54 Å². The highest BCUT2D eigenvalue weighted by Crippen LogP contribution is 2.10. The summed E-state index contributed by atoms with van der Waals surface area (Å²) in [6.45, 7) is 0.982. The van der Waals surface area contributed by atoms with E-state index in [1.807, 2.05) is 0 Å². The number of nitrogens with one attached hydrogen (secondary N) is 1. The lowest BCUT2D eigenvalue weighted by Gasteiger charge is -2.17. The van der Waals surface area contributed by atoms with Crippen LogP contribution in [0.25, 0.3) is 0 Å². The van der Waals surface area contributed by atoms with Gasteiger partial charge in [0, 0.05) is 12.6 Å². The van der Waals surface area contributed by atoms with Crippen LogP contribution in [0.3, 0.4) is 0 Å². The largest absolute Gasteiger partial charge is 0.306 e. The average Bonchev–Trinajstić information content (AvgIpc) is 2.29. The smallest absolute Gasteiger partial charge is 0.0253 e. The molecule has 74 valence electrons. The molecule has 0 fully saturated rings. The van der Waals surface area contributed by atoms with Crippen molar-refractivity contribution in [2.24, 2.45) is 0 Å². The van der Waals surface area contributed by atoms with Crippen LogP contribution < -0.4 is 5.32 Å². The van der Waals surface area contributed by atoms with Gasteiger partial charge in [0.15, 0.2) is 0 Å². The summed E-state index contributed by atoms with van der Waals surface area (Å²) in [5.74, 6) is 0. The molecule has 2 rings (SSSR count). The molecule has 0 aromatic heterocycles. The van der Waals surface area contributed by atoms with Gasteiger partial charge in [-0.3, -0.25) is 0 Å². The molecule has 14 heavy (non-hydrogen) atoms. The van der Waals surface area contributed by atoms with Gasteiger partial charge < -0.3 is 5.32 Å². The highest BCUT2D eigenvalue weighted by Gasteiger charge is 2.06. The Kier molecular flexibility index (Phi) is 3.36. The molecule has 1 aliphatic carbocycles. The van der Waals surface area contributed by atoms with Gasteiger partial charge >= 0.3 is 0 Å². The third-order valence-electron chi connectivity index (χ3n) is 2.67. The van der Waals surface area contributed by atoms with Crippen LogP contribution in [-0.4, -0.2) is 6.04 Å². The van der Waals surface area contributed by atoms with Crippen molar-refractivity contribution >= 4 is 0 Å². The van der Waals surface area contributed by atoms with Gasteiger partial charge in [-0.05, 0) is 24.8 Å². The predicted molar refractivity (Wildman–Crippen MR) is 60.1 cm³/mol. The van der Waals surface area contributed by atoms with Gasteiger partial charge in [-0.15, -0.1) is 0 Å². The van der Waals surface area contributed by atoms with Gasteiger partial charge in [-0.2, -0.15) is 0 Å². The van der Waals surface area contributed by atoms with Crippen molar-refractivity contribution in [1.29, 1.82) is 0 Å². The molecule has 0 bridgehead atoms. The van der Waals surface area contributed by atoms with Crippen molar-refractivity contribution < 1.29 is 0 Å². The molecule has 1 N–H and O–H groups in total. The van der Waals surface area contributed by atoms with E-state index in [1.165, 1.54) is 24.8 Å². The minimum absolute atomic E-state index is 0.587. The van der Waals surface area contributed by atoms with Crippen LogP contribution in [0.1, 0.15) is 24.8 Å². The Morgan fingerprint density at radius 1 is 1.21 bits per heavy atom. The molecule has 1 aliphatic rings. The molecule has 0 heterocycles. The fourth-order valence-electron chi connectivity index (χ4n) is 1.83. The lowest BCUT2D eigenvalue weighted by Crippen LogP contribution is -2.27. The summed E-state index contributed by atoms with van der Waals surface area (Å²) in [6.07, 6.45) is 8.44. The first-order chi connectivity index (χ1) is 6.95. The van der Waals surface area contributed by atoms with Crippen molar-refractivity contribution in [2.75, 3.05) is 0 Å². The molecule has 1 aromatic rings. The molecule has 0 saturated carbocycles. The van der Waals surface area contributed by atoms with Crippen LogP contribution in [0.5, 0.6) is 0 Å². The Hall–Kier alpha value is -1.08. The van der Waals surface area contributed by atoms with Crippen molar-refractivity contribution in [3.63, 3.8) is 0 Å². The van der Waals surface area contributed by atoms with Gasteiger partial charge in [0.1, 0.15) is 0 Å². The van der Waals surface area contributed by atoms with Crippen LogP contribution >= 0.6 is 0 Å². The maximum Gasteiger partial charge on any atom is 0.0253 e. The third kappa shape index (κ3) is 2.71. The van der Waals surface area contributed by atoms with Crippen molar-refractivity contribution in [3.8, 4) is 0 Å². The fraction of sp³-hybridized carbons (Fsp3) is 0.385. The summed E-state index contributed by atoms with van der Waals surface area (Å²) in [5.41, 5.74) is 1.37. The second-order valence-electron chi connectivity index (χ2n) is 3.83. The molecule has 1 heteroatoms. The third-order valence-corrected chi connectivity index (χ3v) is 2.67. The Bertz CT molecular complexity index is 289. The summed E-state index contributed by atoms with van der Waals surface area (Å²) in [7, 11) is 0. The zero-order valence-corrected chi connectivity index (χ0v) is 8.45. The first kappa shape index (κ1) is 9.47. The molecule has 0 amide bonds. The van der Waals surface area contributed by atoms with E-state index in [0.29, 0.717) is 6.04 Å². The Morgan fingerprint density at radius 3 is 2.79 bits per heavy atom. The highest BCUT2D eigenvalue weighted by atomic mass is 14.9. The average molecular weight is 187 g/mol. The monoisotopic (exact) mass is 187 g/mol. The maximum absolute atomic E-state index is 3.55. The van der Waals surface area contributed by atoms with Gasteiger partial charge in [-0.25, -0.2) is 0 Å². The number of rotatable bonds is 3. The van der Waals surface area contributed by atoms with E-state index in [4.69, 9.17) is 0 Å². The van der Waals surface area contributed by atoms with E-state index in [2.05, 4.69) is 47.8 Å². The molecule has 0 radical (unpaired) electrons. The van der Waals surface area contributed by atoms with E-state index in [-0.39, 0.29) is 0 Å². The molecule has 1 aromatic carbocycles. The molecule has 0 unspecified atom stereocenters. The Labute approximate surface area is 85.8 Å². The lowest BCUT2D eigenvalue weighted by atomic mass is 10.0. The summed E-state index contributed by atoms with van der Waals surface area (Å²) >= 11 is 0. The molecular weight excluding hydrogens is 170 g/mol. The zero-order chi connectivity index (χ0) is 9.64. The first-order valence-electron chi connectivity index (χ1n) is 5.39. The topological polar surface area (TPSA) is 12.0 Å². The zero-order valence-electron chi connectivity index (χ0n) is 8.45. The Morgan fingerprint density at radius 2 is 2.07 bits per heavy atom. The van der Waals surface area contributed by atoms with Gasteiger partial charge in [-0.1, -0.05) is 42.5 Å². The van der Waals surface area contributed by atoms with E-state index in [9.17, 15) is 0 Å². The predicted octanol–water partition coefficient (Wildman–Crippen LogP) is 2.88. The van der Waals surface area contributed by atoms with Gasteiger partial charge in [0.25, 0.3) is 0 Å². The van der Waals surface area contributed by atoms with Crippen molar-refractivity contribution in [1.82, 2.24) is 5.32 Å². The number of hydrogen-bond donors (Lipinski definition) is 1. The maximum atomic E-state index is 3.55. The first-order valence-corrected chi connectivity index (χ1v) is 5.39. The summed E-state index contributed by atoms with van der Waals surface area (Å²) in [5, 5.41) is 3.55. The summed E-state index contributed by atoms with van der Waals surface area (Å²) in [4.78, 5) is 0. The van der Waals surface area contributed by atoms with E-state index in [1.54, 1.807) is 0 Å². The number of allylic oxidation sites excluding steroid dienone is 1. The molecule has 0 spiro atoms. The summed E-state index contributed by atoms with van der Waals surface area (Å²) < 4.78 is 0. The quantitative estimate of drug-likeness (QED) is 0.717. The van der Waals surface area contributed by atoms with Gasteiger partial charge in [0.05, 0.1) is 0 Å². The lowest BCUT2D eigenvalue weighted by molar-refractivity contribution is 0.522. The minimum Gasteiger partial charge on any atom is -0.306 e. The molecule has 0 saturated heterocycles. The second kappa shape index (κ2) is 4.97. The van der Waals surface area contributed by atoms with Crippen molar-refractivity contribution in [3.05, 3.63) is 48.0 Å². The molecule has 0 aliphatic heterocycles. The number of hydrogen-bond acceptors (Lipinski definition) is 1. The Balaban J connectivity index is 1.82. The van der Waals surface area contributed by atoms with Crippen LogP contribution in [0.15, 0.2) is 42.5 Å². The van der Waals surface area contributed by atoms with Crippen LogP contribution in [0, 0.1) is 0 Å². The highest BCUT2D eigenvalue weighted by molar-refractivity contribution is 5.14. The van der Waals surface area contributed by atoms with Gasteiger partial charge in [0.2, 0.25) is 0 Å². The van der Waals surface area contributed by atoms with E-state index >= 15 is 0 Å². The number of benzene rings is 1. The van der Waals surface area contributed by atoms with E-state index in [0.717, 1.165) is 6.54 Å². The molecule has 1 atom stereocenters. The van der Waals surface area contributed by atoms with Crippen LogP contribution in [0.2, 0.25) is 0 Å². The molecular formula is C13H17N.